The molecule has 0 fully saturated rings. The molecule has 0 atom stereocenters. The molecule has 0 aromatic carbocycles. The Labute approximate surface area is 64.7 Å². The van der Waals surface area contributed by atoms with E-state index in [4.69, 9.17) is 6.42 Å². The van der Waals surface area contributed by atoms with Crippen molar-refractivity contribution in [3.8, 4) is 6.42 Å². The molecule has 28 valence electrons. The van der Waals surface area contributed by atoms with Gasteiger partial charge in [0.1, 0.15) is 0 Å². The van der Waals surface area contributed by atoms with Crippen molar-refractivity contribution >= 4 is 0 Å². The van der Waals surface area contributed by atoms with Gasteiger partial charge in [-0.3, -0.25) is 0 Å². The smallest absolute Gasteiger partial charge is 0 e. The standard InChI is InChI=1S/C2H.3Cr/c1-2;;;/h1H;;;/q-1;;;. The average molecular weight is 181 g/mol. The Morgan fingerprint density at radius 3 is 0.800 bits per heavy atom. The van der Waals surface area contributed by atoms with Gasteiger partial charge in [-0.2, -0.15) is 0 Å². The van der Waals surface area contributed by atoms with Crippen LogP contribution in [0.1, 0.15) is 0 Å². The van der Waals surface area contributed by atoms with Crippen molar-refractivity contribution in [3.63, 3.8) is 0 Å². The van der Waals surface area contributed by atoms with Gasteiger partial charge in [0, 0.05) is 52.1 Å². The topological polar surface area (TPSA) is 0 Å². The van der Waals surface area contributed by atoms with E-state index in [2.05, 4.69) is 6.42 Å². The zero-order chi connectivity index (χ0) is 2.00. The third-order valence-corrected chi connectivity index (χ3v) is 0. The molecule has 0 bridgehead atoms. The van der Waals surface area contributed by atoms with Crippen molar-refractivity contribution in [3.05, 3.63) is 6.42 Å². The van der Waals surface area contributed by atoms with Gasteiger partial charge in [-0.15, -0.1) is 0 Å². The second-order valence-corrected chi connectivity index (χ2v) is 0. The summed E-state index contributed by atoms with van der Waals surface area (Å²) in [5.41, 5.74) is 0. The van der Waals surface area contributed by atoms with Crippen molar-refractivity contribution in [1.29, 1.82) is 0 Å². The van der Waals surface area contributed by atoms with Gasteiger partial charge in [0.15, 0.2) is 0 Å². The van der Waals surface area contributed by atoms with Crippen LogP contribution in [0.5, 0.6) is 0 Å². The average Bonchev–Trinajstić information content (AvgIpc) is 1.00. The zero-order valence-electron chi connectivity index (χ0n) is 2.30. The van der Waals surface area contributed by atoms with Gasteiger partial charge in [0.2, 0.25) is 0 Å². The Morgan fingerprint density at radius 2 is 0.800 bits per heavy atom. The van der Waals surface area contributed by atoms with E-state index >= 15 is 0 Å². The molecule has 3 heteroatoms. The predicted molar refractivity (Wildman–Crippen MR) is 8.19 cm³/mol. The van der Waals surface area contributed by atoms with E-state index in [0.717, 1.165) is 0 Å². The maximum absolute atomic E-state index is 5.25. The van der Waals surface area contributed by atoms with Crippen molar-refractivity contribution in [2.24, 2.45) is 0 Å². The molecule has 0 amide bonds. The van der Waals surface area contributed by atoms with Crippen molar-refractivity contribution in [1.82, 2.24) is 0 Å². The van der Waals surface area contributed by atoms with Gasteiger partial charge < -0.3 is 12.8 Å². The first kappa shape index (κ1) is 35.2. The van der Waals surface area contributed by atoms with E-state index in [1.807, 2.05) is 0 Å². The van der Waals surface area contributed by atoms with Crippen molar-refractivity contribution < 1.29 is 52.1 Å². The summed E-state index contributed by atoms with van der Waals surface area (Å²) < 4.78 is 0. The number of terminal acetylenes is 1. The summed E-state index contributed by atoms with van der Waals surface area (Å²) in [6.45, 7) is 0. The molecule has 0 saturated heterocycles. The Bertz CT molecular complexity index is 9.61. The van der Waals surface area contributed by atoms with Crippen LogP contribution in [0.3, 0.4) is 0 Å². The molecule has 0 aliphatic carbocycles. The zero-order valence-corrected chi connectivity index (χ0v) is 6.13. The fourth-order valence-corrected chi connectivity index (χ4v) is 0. The van der Waals surface area contributed by atoms with E-state index < -0.39 is 0 Å². The third-order valence-electron chi connectivity index (χ3n) is 0. The van der Waals surface area contributed by atoms with Crippen LogP contribution in [0.2, 0.25) is 0 Å². The molecule has 0 saturated carbocycles. The Kier molecular flexibility index (Phi) is 468. The summed E-state index contributed by atoms with van der Waals surface area (Å²) in [6.07, 6.45) is 9.00. The maximum atomic E-state index is 5.25. The van der Waals surface area contributed by atoms with Crippen LogP contribution in [-0.2, 0) is 52.1 Å². The van der Waals surface area contributed by atoms with Crippen LogP contribution in [-0.4, -0.2) is 0 Å². The fourth-order valence-electron chi connectivity index (χ4n) is 0. The van der Waals surface area contributed by atoms with Crippen molar-refractivity contribution in [2.75, 3.05) is 0 Å². The molecular weight excluding hydrogens is 180 g/mol. The van der Waals surface area contributed by atoms with E-state index in [1.165, 1.54) is 0 Å². The summed E-state index contributed by atoms with van der Waals surface area (Å²) in [4.78, 5) is 0. The van der Waals surface area contributed by atoms with E-state index in [1.54, 1.807) is 0 Å². The predicted octanol–water partition coefficient (Wildman–Crippen LogP) is 0.198. The molecule has 0 aliphatic rings. The molecule has 0 aromatic heterocycles. The van der Waals surface area contributed by atoms with Gasteiger partial charge >= 0.3 is 0 Å². The van der Waals surface area contributed by atoms with Gasteiger partial charge in [-0.25, -0.2) is 0 Å². The fraction of sp³-hybridized carbons (Fsp3) is 0. The third kappa shape index (κ3) is 38.4. The first-order valence-corrected chi connectivity index (χ1v) is 0.289. The quantitative estimate of drug-likeness (QED) is 0.370. The minimum absolute atomic E-state index is 0. The normalized spacial score (nSPS) is 0.400. The molecular formula is C2HCr3-. The Hall–Kier alpha value is 1.16. The van der Waals surface area contributed by atoms with Crippen LogP contribution in [0.4, 0.5) is 0 Å². The van der Waals surface area contributed by atoms with E-state index in [-0.39, 0.29) is 52.1 Å². The van der Waals surface area contributed by atoms with Gasteiger partial charge in [-0.05, 0) is 0 Å². The van der Waals surface area contributed by atoms with Crippen LogP contribution in [0.15, 0.2) is 0 Å². The molecule has 0 N–H and O–H groups in total. The second kappa shape index (κ2) is 66.5. The van der Waals surface area contributed by atoms with Crippen LogP contribution >= 0.6 is 0 Å². The van der Waals surface area contributed by atoms with Crippen molar-refractivity contribution in [2.45, 2.75) is 0 Å². The number of hydrogen-bond donors (Lipinski definition) is 0. The van der Waals surface area contributed by atoms with Gasteiger partial charge in [0.05, 0.1) is 0 Å². The van der Waals surface area contributed by atoms with Crippen LogP contribution in [0.25, 0.3) is 0 Å². The summed E-state index contributed by atoms with van der Waals surface area (Å²) in [7, 11) is 0. The maximum Gasteiger partial charge on any atom is 0 e. The second-order valence-electron chi connectivity index (χ2n) is 0. The van der Waals surface area contributed by atoms with Crippen LogP contribution in [0, 0.1) is 12.8 Å². The summed E-state index contributed by atoms with van der Waals surface area (Å²) in [5.74, 6) is 0. The molecule has 0 nitrogen and oxygen atoms in total. The first-order chi connectivity index (χ1) is 1.00. The number of hydrogen-bond acceptors (Lipinski definition) is 0. The monoisotopic (exact) mass is 181 g/mol. The SMILES string of the molecule is [C-]#C.[Cr].[Cr].[Cr]. The molecule has 0 radical (unpaired) electrons. The molecule has 0 heterocycles. The minimum Gasteiger partial charge on any atom is -0.697 e. The minimum atomic E-state index is 0. The molecule has 0 unspecified atom stereocenters. The molecule has 5 heavy (non-hydrogen) atoms. The molecule has 0 spiro atoms. The first-order valence-electron chi connectivity index (χ1n) is 0.289. The molecule has 0 aromatic rings. The summed E-state index contributed by atoms with van der Waals surface area (Å²) >= 11 is 0. The van der Waals surface area contributed by atoms with Gasteiger partial charge in [0.25, 0.3) is 0 Å². The molecule has 0 rings (SSSR count). The summed E-state index contributed by atoms with van der Waals surface area (Å²) in [6, 6.07) is 0. The summed E-state index contributed by atoms with van der Waals surface area (Å²) in [5, 5.41) is 0. The van der Waals surface area contributed by atoms with Gasteiger partial charge in [-0.1, -0.05) is 0 Å². The van der Waals surface area contributed by atoms with Crippen LogP contribution < -0.4 is 0 Å². The van der Waals surface area contributed by atoms with E-state index in [9.17, 15) is 0 Å². The van der Waals surface area contributed by atoms with E-state index in [0.29, 0.717) is 0 Å². The Balaban J connectivity index is -0.00000000167. The molecule has 0 aliphatic heterocycles. The number of rotatable bonds is 0. The Morgan fingerprint density at radius 1 is 0.800 bits per heavy atom. The largest absolute Gasteiger partial charge is 0.697 e.